The van der Waals surface area contributed by atoms with E-state index in [0.29, 0.717) is 6.54 Å². The highest BCUT2D eigenvalue weighted by molar-refractivity contribution is 6.04. The van der Waals surface area contributed by atoms with Gasteiger partial charge in [-0.15, -0.1) is 0 Å². The van der Waals surface area contributed by atoms with Crippen molar-refractivity contribution in [2.75, 3.05) is 13.1 Å². The summed E-state index contributed by atoms with van der Waals surface area (Å²) in [7, 11) is 0. The number of hydrazone groups is 1. The Balaban J connectivity index is 1.44. The van der Waals surface area contributed by atoms with E-state index in [9.17, 15) is 4.79 Å². The van der Waals surface area contributed by atoms with Crippen molar-refractivity contribution in [3.63, 3.8) is 0 Å². The second kappa shape index (κ2) is 8.95. The van der Waals surface area contributed by atoms with Crippen LogP contribution in [0.15, 0.2) is 71.8 Å². The number of carbonyl (C=O) groups excluding carboxylic acids is 1. The van der Waals surface area contributed by atoms with E-state index in [1.54, 1.807) is 5.01 Å². The quantitative estimate of drug-likeness (QED) is 0.552. The minimum atomic E-state index is -0.0642. The molecule has 1 amide bonds. The van der Waals surface area contributed by atoms with Gasteiger partial charge in [0.05, 0.1) is 18.3 Å². The van der Waals surface area contributed by atoms with Gasteiger partial charge in [0.25, 0.3) is 5.91 Å². The zero-order valence-corrected chi connectivity index (χ0v) is 19.7. The van der Waals surface area contributed by atoms with Crippen LogP contribution in [0.3, 0.4) is 0 Å². The summed E-state index contributed by atoms with van der Waals surface area (Å²) in [6.45, 7) is 8.46. The normalized spacial score (nSPS) is 18.2. The van der Waals surface area contributed by atoms with Crippen LogP contribution >= 0.6 is 0 Å². The molecular formula is C29H31N3O. The number of hydrogen-bond donors (Lipinski definition) is 0. The molecule has 0 spiro atoms. The number of fused-ring (bicyclic) bond motifs is 1. The van der Waals surface area contributed by atoms with Crippen LogP contribution in [-0.2, 0) is 17.8 Å². The van der Waals surface area contributed by atoms with Gasteiger partial charge < -0.3 is 0 Å². The summed E-state index contributed by atoms with van der Waals surface area (Å²) in [5, 5.41) is 6.71. The number of nitrogens with zero attached hydrogens (tertiary/aromatic N) is 3. The molecule has 0 bridgehead atoms. The number of hydrogen-bond acceptors (Lipinski definition) is 3. The van der Waals surface area contributed by atoms with Crippen LogP contribution in [0.5, 0.6) is 0 Å². The molecule has 2 heterocycles. The Morgan fingerprint density at radius 1 is 0.939 bits per heavy atom. The van der Waals surface area contributed by atoms with Crippen molar-refractivity contribution in [1.82, 2.24) is 9.91 Å². The summed E-state index contributed by atoms with van der Waals surface area (Å²) in [5.41, 5.74) is 9.66. The van der Waals surface area contributed by atoms with Gasteiger partial charge in [0.1, 0.15) is 0 Å². The summed E-state index contributed by atoms with van der Waals surface area (Å²) in [6, 6.07) is 23.3. The molecule has 2 aliphatic heterocycles. The van der Waals surface area contributed by atoms with Crippen molar-refractivity contribution >= 4 is 11.6 Å². The van der Waals surface area contributed by atoms with E-state index < -0.39 is 0 Å². The van der Waals surface area contributed by atoms with Gasteiger partial charge >= 0.3 is 0 Å². The Kier molecular flexibility index (Phi) is 5.86. The molecule has 0 saturated heterocycles. The van der Waals surface area contributed by atoms with Crippen LogP contribution in [0.4, 0.5) is 0 Å². The van der Waals surface area contributed by atoms with E-state index in [0.717, 1.165) is 37.2 Å². The lowest BCUT2D eigenvalue weighted by Crippen LogP contribution is -2.40. The van der Waals surface area contributed by atoms with Gasteiger partial charge in [0, 0.05) is 25.1 Å². The monoisotopic (exact) mass is 437 g/mol. The van der Waals surface area contributed by atoms with Crippen molar-refractivity contribution < 1.29 is 4.79 Å². The Bertz CT molecular complexity index is 1230. The molecule has 2 aliphatic rings. The molecular weight excluding hydrogens is 406 g/mol. The average molecular weight is 438 g/mol. The van der Waals surface area contributed by atoms with Gasteiger partial charge in [-0.3, -0.25) is 9.69 Å². The van der Waals surface area contributed by atoms with Gasteiger partial charge in [-0.1, -0.05) is 66.2 Å². The first-order valence-corrected chi connectivity index (χ1v) is 11.8. The number of rotatable bonds is 4. The van der Waals surface area contributed by atoms with E-state index in [2.05, 4.69) is 92.4 Å². The summed E-state index contributed by atoms with van der Waals surface area (Å²) < 4.78 is 0. The second-order valence-electron chi connectivity index (χ2n) is 9.41. The fourth-order valence-electron chi connectivity index (χ4n) is 5.11. The minimum Gasteiger partial charge on any atom is -0.290 e. The van der Waals surface area contributed by atoms with E-state index in [1.807, 2.05) is 0 Å². The average Bonchev–Trinajstić information content (AvgIpc) is 3.26. The van der Waals surface area contributed by atoms with E-state index in [-0.39, 0.29) is 11.9 Å². The Morgan fingerprint density at radius 3 is 2.52 bits per heavy atom. The first-order valence-electron chi connectivity index (χ1n) is 11.8. The third kappa shape index (κ3) is 4.36. The number of aryl methyl sites for hydroxylation is 3. The summed E-state index contributed by atoms with van der Waals surface area (Å²) in [4.78, 5) is 15.9. The van der Waals surface area contributed by atoms with Crippen molar-refractivity contribution in [3.05, 3.63) is 106 Å². The minimum absolute atomic E-state index is 0.0642. The molecule has 0 aliphatic carbocycles. The maximum atomic E-state index is 13.6. The van der Waals surface area contributed by atoms with Crippen LogP contribution in [0.2, 0.25) is 0 Å². The molecule has 5 rings (SSSR count). The lowest BCUT2D eigenvalue weighted by atomic mass is 9.93. The highest BCUT2D eigenvalue weighted by Crippen LogP contribution is 2.35. The Labute approximate surface area is 196 Å². The Morgan fingerprint density at radius 2 is 1.70 bits per heavy atom. The van der Waals surface area contributed by atoms with Crippen molar-refractivity contribution in [1.29, 1.82) is 0 Å². The SMILES string of the molecule is Cc1ccc(C)c(C2=NN(C(=O)CN3CCc4ccccc4C3)[C@H](c3ccccc3C)C2)c1. The number of amides is 1. The van der Waals surface area contributed by atoms with E-state index in [1.165, 1.54) is 33.4 Å². The predicted molar refractivity (Wildman–Crippen MR) is 133 cm³/mol. The number of benzene rings is 3. The predicted octanol–water partition coefficient (Wildman–Crippen LogP) is 5.35. The lowest BCUT2D eigenvalue weighted by molar-refractivity contribution is -0.134. The zero-order chi connectivity index (χ0) is 22.9. The lowest BCUT2D eigenvalue weighted by Gasteiger charge is -2.30. The van der Waals surface area contributed by atoms with Crippen molar-refractivity contribution in [2.24, 2.45) is 5.10 Å². The van der Waals surface area contributed by atoms with Crippen molar-refractivity contribution in [2.45, 2.75) is 46.2 Å². The molecule has 168 valence electrons. The first kappa shape index (κ1) is 21.6. The smallest absolute Gasteiger partial charge is 0.257 e. The molecule has 0 aromatic heterocycles. The molecule has 0 saturated carbocycles. The van der Waals surface area contributed by atoms with Crippen molar-refractivity contribution in [3.8, 4) is 0 Å². The van der Waals surface area contributed by atoms with Crippen LogP contribution in [-0.4, -0.2) is 34.6 Å². The number of carbonyl (C=O) groups is 1. The fourth-order valence-corrected chi connectivity index (χ4v) is 5.11. The second-order valence-corrected chi connectivity index (χ2v) is 9.41. The molecule has 0 radical (unpaired) electrons. The van der Waals surface area contributed by atoms with E-state index >= 15 is 0 Å². The third-order valence-electron chi connectivity index (χ3n) is 6.99. The van der Waals surface area contributed by atoms with Gasteiger partial charge in [-0.25, -0.2) is 5.01 Å². The van der Waals surface area contributed by atoms with Gasteiger partial charge in [0.15, 0.2) is 0 Å². The summed E-state index contributed by atoms with van der Waals surface area (Å²) >= 11 is 0. The van der Waals surface area contributed by atoms with Gasteiger partial charge in [-0.05, 0) is 61.1 Å². The maximum absolute atomic E-state index is 13.6. The van der Waals surface area contributed by atoms with Gasteiger partial charge in [0.2, 0.25) is 0 Å². The molecule has 3 aromatic rings. The highest BCUT2D eigenvalue weighted by atomic mass is 16.2. The zero-order valence-electron chi connectivity index (χ0n) is 19.7. The molecule has 0 N–H and O–H groups in total. The largest absolute Gasteiger partial charge is 0.290 e. The van der Waals surface area contributed by atoms with Crippen LogP contribution in [0.25, 0.3) is 0 Å². The molecule has 4 nitrogen and oxygen atoms in total. The van der Waals surface area contributed by atoms with Crippen LogP contribution in [0.1, 0.15) is 51.4 Å². The topological polar surface area (TPSA) is 35.9 Å². The molecule has 1 atom stereocenters. The molecule has 33 heavy (non-hydrogen) atoms. The third-order valence-corrected chi connectivity index (χ3v) is 6.99. The van der Waals surface area contributed by atoms with Gasteiger partial charge in [-0.2, -0.15) is 5.10 Å². The summed E-state index contributed by atoms with van der Waals surface area (Å²) in [6.07, 6.45) is 1.73. The molecule has 0 fully saturated rings. The van der Waals surface area contributed by atoms with Crippen LogP contribution < -0.4 is 0 Å². The van der Waals surface area contributed by atoms with Crippen LogP contribution in [0, 0.1) is 20.8 Å². The highest BCUT2D eigenvalue weighted by Gasteiger charge is 2.35. The maximum Gasteiger partial charge on any atom is 0.257 e. The molecule has 3 aromatic carbocycles. The Hall–Kier alpha value is -3.24. The molecule has 4 heteroatoms. The standard InChI is InChI=1S/C29H31N3O/c1-20-12-13-22(3)26(16-20)27-17-28(25-11-7-4-8-21(25)2)32(30-27)29(33)19-31-15-14-23-9-5-6-10-24(23)18-31/h4-13,16,28H,14-15,17-19H2,1-3H3/t28-/m0/s1. The molecule has 0 unspecified atom stereocenters. The van der Waals surface area contributed by atoms with E-state index in [4.69, 9.17) is 5.10 Å². The first-order chi connectivity index (χ1) is 16.0. The summed E-state index contributed by atoms with van der Waals surface area (Å²) in [5.74, 6) is 0.0722. The fraction of sp³-hybridized carbons (Fsp3) is 0.310.